The number of anilines is 1. The second-order valence-electron chi connectivity index (χ2n) is 5.94. The van der Waals surface area contributed by atoms with Crippen LogP contribution in [-0.2, 0) is 4.74 Å². The zero-order chi connectivity index (χ0) is 17.9. The Labute approximate surface area is 148 Å². The minimum absolute atomic E-state index is 0.0533. The van der Waals surface area contributed by atoms with Crippen molar-refractivity contribution >= 4 is 22.8 Å². The molecule has 4 rings (SSSR count). The SMILES string of the molecule is O=C(Nc1ccc(Oc2ccnc3[nH]ccc23)c(F)c1)OC1CCNC1. The van der Waals surface area contributed by atoms with Crippen LogP contribution in [0.2, 0.25) is 0 Å². The number of H-pyrrole nitrogens is 1. The summed E-state index contributed by atoms with van der Waals surface area (Å²) in [5, 5.41) is 6.38. The van der Waals surface area contributed by atoms with Gasteiger partial charge in [0, 0.05) is 30.7 Å². The van der Waals surface area contributed by atoms with Gasteiger partial charge in [-0.15, -0.1) is 0 Å². The van der Waals surface area contributed by atoms with Crippen LogP contribution in [0.5, 0.6) is 11.5 Å². The average molecular weight is 356 g/mol. The lowest BCUT2D eigenvalue weighted by molar-refractivity contribution is 0.121. The Bertz CT molecular complexity index is 937. The van der Waals surface area contributed by atoms with Gasteiger partial charge in [0.05, 0.1) is 5.39 Å². The van der Waals surface area contributed by atoms with Crippen LogP contribution in [0.3, 0.4) is 0 Å². The van der Waals surface area contributed by atoms with Gasteiger partial charge in [-0.1, -0.05) is 0 Å². The predicted octanol–water partition coefficient (Wildman–Crippen LogP) is 3.40. The van der Waals surface area contributed by atoms with Crippen molar-refractivity contribution in [3.63, 3.8) is 0 Å². The molecule has 26 heavy (non-hydrogen) atoms. The molecule has 1 fully saturated rings. The van der Waals surface area contributed by atoms with Gasteiger partial charge in [0.25, 0.3) is 0 Å². The highest BCUT2D eigenvalue weighted by atomic mass is 19.1. The molecule has 2 aromatic heterocycles. The maximum atomic E-state index is 14.4. The summed E-state index contributed by atoms with van der Waals surface area (Å²) in [5.74, 6) is -0.0487. The maximum Gasteiger partial charge on any atom is 0.411 e. The van der Waals surface area contributed by atoms with E-state index in [0.29, 0.717) is 23.6 Å². The highest BCUT2D eigenvalue weighted by Crippen LogP contribution is 2.31. The van der Waals surface area contributed by atoms with E-state index in [4.69, 9.17) is 9.47 Å². The summed E-state index contributed by atoms with van der Waals surface area (Å²) in [6.45, 7) is 1.45. The quantitative estimate of drug-likeness (QED) is 0.667. The van der Waals surface area contributed by atoms with Crippen LogP contribution in [0.4, 0.5) is 14.9 Å². The molecule has 0 saturated carbocycles. The van der Waals surface area contributed by atoms with Crippen LogP contribution in [0, 0.1) is 5.82 Å². The average Bonchev–Trinajstić information content (AvgIpc) is 3.29. The van der Waals surface area contributed by atoms with Gasteiger partial charge in [0.1, 0.15) is 17.5 Å². The third kappa shape index (κ3) is 3.45. The van der Waals surface area contributed by atoms with Gasteiger partial charge in [0.15, 0.2) is 11.6 Å². The van der Waals surface area contributed by atoms with Crippen LogP contribution >= 0.6 is 0 Å². The maximum absolute atomic E-state index is 14.4. The molecule has 1 aromatic carbocycles. The standard InChI is InChI=1S/C18H17FN4O3/c19-14-9-11(23-18(24)25-12-3-6-20-10-12)1-2-16(14)26-15-5-8-22-17-13(15)4-7-21-17/h1-2,4-5,7-9,12,20H,3,6,10H2,(H,21,22)(H,23,24). The van der Waals surface area contributed by atoms with Gasteiger partial charge in [-0.3, -0.25) is 5.32 Å². The molecule has 3 N–H and O–H groups in total. The van der Waals surface area contributed by atoms with E-state index in [-0.39, 0.29) is 11.9 Å². The minimum atomic E-state index is -0.602. The van der Waals surface area contributed by atoms with E-state index in [1.54, 1.807) is 30.6 Å². The van der Waals surface area contributed by atoms with E-state index < -0.39 is 11.9 Å². The first-order valence-corrected chi connectivity index (χ1v) is 8.27. The van der Waals surface area contributed by atoms with Crippen LogP contribution in [0.1, 0.15) is 6.42 Å². The van der Waals surface area contributed by atoms with E-state index in [9.17, 15) is 9.18 Å². The van der Waals surface area contributed by atoms with Crippen molar-refractivity contribution < 1.29 is 18.7 Å². The largest absolute Gasteiger partial charge is 0.453 e. The fourth-order valence-corrected chi connectivity index (χ4v) is 2.83. The molecule has 7 nitrogen and oxygen atoms in total. The molecular weight excluding hydrogens is 339 g/mol. The van der Waals surface area contributed by atoms with Crippen molar-refractivity contribution in [2.45, 2.75) is 12.5 Å². The van der Waals surface area contributed by atoms with E-state index in [2.05, 4.69) is 20.6 Å². The van der Waals surface area contributed by atoms with Gasteiger partial charge < -0.3 is 19.8 Å². The summed E-state index contributed by atoms with van der Waals surface area (Å²) >= 11 is 0. The number of ether oxygens (including phenoxy) is 2. The Morgan fingerprint density at radius 2 is 2.19 bits per heavy atom. The van der Waals surface area contributed by atoms with Crippen LogP contribution in [-0.4, -0.2) is 35.3 Å². The summed E-state index contributed by atoms with van der Waals surface area (Å²) in [5.41, 5.74) is 0.956. The molecule has 134 valence electrons. The van der Waals surface area contributed by atoms with Crippen LogP contribution in [0.25, 0.3) is 11.0 Å². The number of carbonyl (C=O) groups excluding carboxylic acids is 1. The fourth-order valence-electron chi connectivity index (χ4n) is 2.83. The predicted molar refractivity (Wildman–Crippen MR) is 93.9 cm³/mol. The highest BCUT2D eigenvalue weighted by molar-refractivity contribution is 5.85. The van der Waals surface area contributed by atoms with Gasteiger partial charge in [0.2, 0.25) is 0 Å². The third-order valence-corrected chi connectivity index (χ3v) is 4.11. The molecular formula is C18H17FN4O3. The number of hydrogen-bond acceptors (Lipinski definition) is 5. The summed E-state index contributed by atoms with van der Waals surface area (Å²) in [7, 11) is 0. The first kappa shape index (κ1) is 16.3. The number of halogens is 1. The summed E-state index contributed by atoms with van der Waals surface area (Å²) in [6.07, 6.45) is 3.33. The molecule has 3 heterocycles. The van der Waals surface area contributed by atoms with Crippen molar-refractivity contribution in [1.82, 2.24) is 15.3 Å². The second-order valence-corrected chi connectivity index (χ2v) is 5.94. The molecule has 1 saturated heterocycles. The minimum Gasteiger partial charge on any atom is -0.453 e. The summed E-state index contributed by atoms with van der Waals surface area (Å²) < 4.78 is 25.3. The van der Waals surface area contributed by atoms with Gasteiger partial charge >= 0.3 is 6.09 Å². The highest BCUT2D eigenvalue weighted by Gasteiger charge is 2.19. The number of rotatable bonds is 4. The molecule has 0 radical (unpaired) electrons. The fraction of sp³-hybridized carbons (Fsp3) is 0.222. The normalized spacial score (nSPS) is 16.6. The van der Waals surface area contributed by atoms with Crippen molar-refractivity contribution in [2.75, 3.05) is 18.4 Å². The van der Waals surface area contributed by atoms with Crippen LogP contribution in [0.15, 0.2) is 42.7 Å². The molecule has 1 aliphatic rings. The first-order valence-electron chi connectivity index (χ1n) is 8.27. The monoisotopic (exact) mass is 356 g/mol. The molecule has 3 aromatic rings. The van der Waals surface area contributed by atoms with Gasteiger partial charge in [-0.2, -0.15) is 0 Å². The Kier molecular flexibility index (Phi) is 4.40. The van der Waals surface area contributed by atoms with Crippen molar-refractivity contribution in [2.24, 2.45) is 0 Å². The van der Waals surface area contributed by atoms with Crippen LogP contribution < -0.4 is 15.4 Å². The number of benzene rings is 1. The topological polar surface area (TPSA) is 88.3 Å². The smallest absolute Gasteiger partial charge is 0.411 e. The second kappa shape index (κ2) is 7.01. The molecule has 1 unspecified atom stereocenters. The lowest BCUT2D eigenvalue weighted by atomic mass is 10.2. The molecule has 1 amide bonds. The molecule has 0 spiro atoms. The summed E-state index contributed by atoms with van der Waals surface area (Å²) in [4.78, 5) is 19.0. The lowest BCUT2D eigenvalue weighted by Gasteiger charge is -2.13. The zero-order valence-electron chi connectivity index (χ0n) is 13.8. The number of carbonyl (C=O) groups is 1. The van der Waals surface area contributed by atoms with E-state index >= 15 is 0 Å². The number of nitrogens with one attached hydrogen (secondary N) is 3. The van der Waals surface area contributed by atoms with Crippen molar-refractivity contribution in [1.29, 1.82) is 0 Å². The number of amides is 1. The van der Waals surface area contributed by atoms with Gasteiger partial charge in [-0.05, 0) is 37.2 Å². The molecule has 1 aliphatic heterocycles. The number of hydrogen-bond donors (Lipinski definition) is 3. The molecule has 1 atom stereocenters. The molecule has 0 aliphatic carbocycles. The van der Waals surface area contributed by atoms with E-state index in [0.717, 1.165) is 18.4 Å². The first-order chi connectivity index (χ1) is 12.7. The number of fused-ring (bicyclic) bond motifs is 1. The Morgan fingerprint density at radius 1 is 1.27 bits per heavy atom. The Balaban J connectivity index is 1.45. The lowest BCUT2D eigenvalue weighted by Crippen LogP contribution is -2.24. The van der Waals surface area contributed by atoms with E-state index in [1.165, 1.54) is 12.1 Å². The molecule has 0 bridgehead atoms. The van der Waals surface area contributed by atoms with Crippen molar-refractivity contribution in [3.05, 3.63) is 48.5 Å². The van der Waals surface area contributed by atoms with Crippen molar-refractivity contribution in [3.8, 4) is 11.5 Å². The van der Waals surface area contributed by atoms with Gasteiger partial charge in [-0.25, -0.2) is 14.2 Å². The Hall–Kier alpha value is -3.13. The molecule has 8 heteroatoms. The number of nitrogens with zero attached hydrogens (tertiary/aromatic N) is 1. The third-order valence-electron chi connectivity index (χ3n) is 4.11. The number of pyridine rings is 1. The number of aromatic nitrogens is 2. The van der Waals surface area contributed by atoms with E-state index in [1.807, 2.05) is 0 Å². The number of aromatic amines is 1. The Morgan fingerprint density at radius 3 is 3.00 bits per heavy atom. The summed E-state index contributed by atoms with van der Waals surface area (Å²) in [6, 6.07) is 7.68. The zero-order valence-corrected chi connectivity index (χ0v) is 13.8.